The summed E-state index contributed by atoms with van der Waals surface area (Å²) in [5.41, 5.74) is -1.02. The Morgan fingerprint density at radius 1 is 1.17 bits per heavy atom. The molecule has 128 valence electrons. The Bertz CT molecular complexity index is 760. The molecule has 0 aliphatic rings. The number of carbonyl (C=O) groups is 1. The minimum absolute atomic E-state index is 0.0379. The minimum atomic E-state index is -4.59. The van der Waals surface area contributed by atoms with Crippen LogP contribution < -0.4 is 9.47 Å². The maximum atomic E-state index is 13.6. The maximum Gasteiger partial charge on any atom is 0.417 e. The van der Waals surface area contributed by atoms with Crippen LogP contribution in [0.1, 0.15) is 21.5 Å². The van der Waals surface area contributed by atoms with E-state index in [4.69, 9.17) is 21.1 Å². The molecule has 0 heterocycles. The summed E-state index contributed by atoms with van der Waals surface area (Å²) < 4.78 is 62.4. The molecule has 0 aliphatic heterocycles. The number of rotatable bonds is 5. The highest BCUT2D eigenvalue weighted by molar-refractivity contribution is 6.31. The van der Waals surface area contributed by atoms with Crippen molar-refractivity contribution in [2.45, 2.75) is 12.8 Å². The normalized spacial score (nSPS) is 11.2. The molecule has 0 radical (unpaired) electrons. The van der Waals surface area contributed by atoms with E-state index >= 15 is 0 Å². The first-order valence-corrected chi connectivity index (χ1v) is 6.95. The van der Waals surface area contributed by atoms with Crippen LogP contribution in [0.4, 0.5) is 17.6 Å². The van der Waals surface area contributed by atoms with Gasteiger partial charge in [0.1, 0.15) is 12.4 Å². The van der Waals surface area contributed by atoms with Gasteiger partial charge in [0, 0.05) is 6.07 Å². The zero-order valence-corrected chi connectivity index (χ0v) is 13.0. The third-order valence-electron chi connectivity index (χ3n) is 3.14. The summed E-state index contributed by atoms with van der Waals surface area (Å²) in [7, 11) is 1.29. The predicted octanol–water partition coefficient (Wildman–Crippen LogP) is 4.90. The molecule has 0 unspecified atom stereocenters. The zero-order valence-electron chi connectivity index (χ0n) is 12.3. The van der Waals surface area contributed by atoms with Crippen LogP contribution in [-0.2, 0) is 12.8 Å². The number of carbonyl (C=O) groups excluding carboxylic acids is 1. The van der Waals surface area contributed by atoms with Crippen LogP contribution >= 0.6 is 11.6 Å². The van der Waals surface area contributed by atoms with Gasteiger partial charge in [0.05, 0.1) is 23.3 Å². The number of aldehydes is 1. The van der Waals surface area contributed by atoms with Crippen molar-refractivity contribution in [2.75, 3.05) is 7.11 Å². The third-order valence-corrected chi connectivity index (χ3v) is 3.47. The number of hydrogen-bond acceptors (Lipinski definition) is 3. The van der Waals surface area contributed by atoms with Crippen molar-refractivity contribution in [1.29, 1.82) is 0 Å². The molecule has 0 fully saturated rings. The van der Waals surface area contributed by atoms with Crippen molar-refractivity contribution in [3.63, 3.8) is 0 Å². The number of ether oxygens (including phenoxy) is 2. The fraction of sp³-hybridized carbons (Fsp3) is 0.188. The molecule has 0 aromatic heterocycles. The fourth-order valence-electron chi connectivity index (χ4n) is 1.95. The molecule has 8 heteroatoms. The first-order valence-electron chi connectivity index (χ1n) is 6.57. The highest BCUT2D eigenvalue weighted by atomic mass is 35.5. The second-order valence-electron chi connectivity index (χ2n) is 4.74. The maximum absolute atomic E-state index is 13.6. The Morgan fingerprint density at radius 2 is 1.88 bits per heavy atom. The van der Waals surface area contributed by atoms with Gasteiger partial charge in [-0.3, -0.25) is 4.79 Å². The Hall–Kier alpha value is -2.28. The van der Waals surface area contributed by atoms with Gasteiger partial charge in [-0.25, -0.2) is 4.39 Å². The first-order chi connectivity index (χ1) is 11.3. The summed E-state index contributed by atoms with van der Waals surface area (Å²) in [4.78, 5) is 10.7. The molecule has 0 N–H and O–H groups in total. The average molecular weight is 363 g/mol. The van der Waals surface area contributed by atoms with Gasteiger partial charge >= 0.3 is 6.18 Å². The van der Waals surface area contributed by atoms with Crippen molar-refractivity contribution in [3.8, 4) is 11.5 Å². The summed E-state index contributed by atoms with van der Waals surface area (Å²) in [5, 5.41) is -0.426. The van der Waals surface area contributed by atoms with E-state index in [2.05, 4.69) is 0 Å². The van der Waals surface area contributed by atoms with Crippen LogP contribution in [0.5, 0.6) is 11.5 Å². The molecule has 0 amide bonds. The van der Waals surface area contributed by atoms with Crippen LogP contribution in [0.25, 0.3) is 0 Å². The number of hydrogen-bond donors (Lipinski definition) is 0. The predicted molar refractivity (Wildman–Crippen MR) is 79.1 cm³/mol. The van der Waals surface area contributed by atoms with E-state index in [0.717, 1.165) is 24.3 Å². The fourth-order valence-corrected chi connectivity index (χ4v) is 2.18. The minimum Gasteiger partial charge on any atom is -0.493 e. The van der Waals surface area contributed by atoms with E-state index in [9.17, 15) is 22.4 Å². The monoisotopic (exact) mass is 362 g/mol. The van der Waals surface area contributed by atoms with E-state index < -0.39 is 22.6 Å². The SMILES string of the molecule is COc1cc(C=O)c(F)cc1OCc1ccc(Cl)c(C(F)(F)F)c1. The lowest BCUT2D eigenvalue weighted by atomic mass is 10.1. The summed E-state index contributed by atoms with van der Waals surface area (Å²) >= 11 is 5.54. The molecule has 2 aromatic rings. The zero-order chi connectivity index (χ0) is 17.9. The lowest BCUT2D eigenvalue weighted by molar-refractivity contribution is -0.137. The first kappa shape index (κ1) is 18.1. The number of halogens is 5. The summed E-state index contributed by atoms with van der Waals surface area (Å²) in [6.07, 6.45) is -4.28. The highest BCUT2D eigenvalue weighted by Crippen LogP contribution is 2.36. The average Bonchev–Trinajstić information content (AvgIpc) is 2.53. The Kier molecular flexibility index (Phi) is 5.33. The second kappa shape index (κ2) is 7.09. The molecule has 0 aliphatic carbocycles. The Balaban J connectivity index is 2.25. The molecule has 0 bridgehead atoms. The van der Waals surface area contributed by atoms with Crippen LogP contribution in [0, 0.1) is 5.82 Å². The van der Waals surface area contributed by atoms with Crippen molar-refractivity contribution < 1.29 is 31.8 Å². The third kappa shape index (κ3) is 3.97. The van der Waals surface area contributed by atoms with Gasteiger partial charge in [-0.2, -0.15) is 13.2 Å². The van der Waals surface area contributed by atoms with Gasteiger partial charge in [0.2, 0.25) is 0 Å². The number of methoxy groups -OCH3 is 1. The van der Waals surface area contributed by atoms with Crippen LogP contribution in [0.2, 0.25) is 5.02 Å². The molecule has 0 atom stereocenters. The lowest BCUT2D eigenvalue weighted by Crippen LogP contribution is -2.07. The second-order valence-corrected chi connectivity index (χ2v) is 5.15. The van der Waals surface area contributed by atoms with Gasteiger partial charge in [0.15, 0.2) is 17.8 Å². The van der Waals surface area contributed by atoms with E-state index in [1.165, 1.54) is 13.2 Å². The number of alkyl halides is 3. The molecule has 2 rings (SSSR count). The topological polar surface area (TPSA) is 35.5 Å². The van der Waals surface area contributed by atoms with Crippen LogP contribution in [0.15, 0.2) is 30.3 Å². The molecular weight excluding hydrogens is 352 g/mol. The van der Waals surface area contributed by atoms with Crippen LogP contribution in [0.3, 0.4) is 0 Å². The molecule has 0 spiro atoms. The molecule has 24 heavy (non-hydrogen) atoms. The van der Waals surface area contributed by atoms with Crippen molar-refractivity contribution in [3.05, 3.63) is 57.9 Å². The van der Waals surface area contributed by atoms with Crippen LogP contribution in [-0.4, -0.2) is 13.4 Å². The van der Waals surface area contributed by atoms with Gasteiger partial charge in [-0.1, -0.05) is 17.7 Å². The standard InChI is InChI=1S/C16H11ClF4O3/c1-23-14-5-10(7-22)13(18)6-15(14)24-8-9-2-3-12(17)11(4-9)16(19,20)21/h2-7H,8H2,1H3. The largest absolute Gasteiger partial charge is 0.493 e. The van der Waals surface area contributed by atoms with E-state index in [-0.39, 0.29) is 29.2 Å². The molecule has 0 saturated carbocycles. The smallest absolute Gasteiger partial charge is 0.417 e. The quantitative estimate of drug-likeness (QED) is 0.560. The molecule has 2 aromatic carbocycles. The summed E-state index contributed by atoms with van der Waals surface area (Å²) in [6, 6.07) is 5.39. The van der Waals surface area contributed by atoms with Crippen molar-refractivity contribution >= 4 is 17.9 Å². The van der Waals surface area contributed by atoms with E-state index in [1.807, 2.05) is 0 Å². The van der Waals surface area contributed by atoms with Gasteiger partial charge < -0.3 is 9.47 Å². The van der Waals surface area contributed by atoms with Crippen molar-refractivity contribution in [1.82, 2.24) is 0 Å². The summed E-state index contributed by atoms with van der Waals surface area (Å²) in [6.45, 7) is -0.267. The van der Waals surface area contributed by atoms with E-state index in [1.54, 1.807) is 0 Å². The van der Waals surface area contributed by atoms with Gasteiger partial charge in [-0.05, 0) is 23.8 Å². The van der Waals surface area contributed by atoms with E-state index in [0.29, 0.717) is 6.29 Å². The van der Waals surface area contributed by atoms with Gasteiger partial charge in [0.25, 0.3) is 0 Å². The molecule has 0 saturated heterocycles. The molecular formula is C16H11ClF4O3. The Morgan fingerprint density at radius 3 is 2.46 bits per heavy atom. The van der Waals surface area contributed by atoms with Crippen molar-refractivity contribution in [2.24, 2.45) is 0 Å². The Labute approximate surface area is 139 Å². The number of benzene rings is 2. The molecule has 3 nitrogen and oxygen atoms in total. The van der Waals surface area contributed by atoms with Gasteiger partial charge in [-0.15, -0.1) is 0 Å². The lowest BCUT2D eigenvalue weighted by Gasteiger charge is -2.14. The highest BCUT2D eigenvalue weighted by Gasteiger charge is 2.33. The summed E-state index contributed by atoms with van der Waals surface area (Å²) in [5.74, 6) is -0.777.